The lowest BCUT2D eigenvalue weighted by Gasteiger charge is -2.13. The van der Waals surface area contributed by atoms with Crippen LogP contribution in [0.25, 0.3) is 0 Å². The zero-order chi connectivity index (χ0) is 11.0. The summed E-state index contributed by atoms with van der Waals surface area (Å²) in [6, 6.07) is -0.486. The highest BCUT2D eigenvalue weighted by Crippen LogP contribution is 2.08. The lowest BCUT2D eigenvalue weighted by molar-refractivity contribution is -0.146. The van der Waals surface area contributed by atoms with Crippen LogP contribution in [0.2, 0.25) is 0 Å². The van der Waals surface area contributed by atoms with Gasteiger partial charge in [0.25, 0.3) is 0 Å². The Morgan fingerprint density at radius 3 is 2.43 bits per heavy atom. The first-order valence-corrected chi connectivity index (χ1v) is 5.85. The average molecular weight is 220 g/mol. The van der Waals surface area contributed by atoms with E-state index >= 15 is 0 Å². The molecule has 0 spiro atoms. The number of hydrogen-bond acceptors (Lipinski definition) is 3. The van der Waals surface area contributed by atoms with Crippen molar-refractivity contribution < 1.29 is 14.1 Å². The third-order valence-corrected chi connectivity index (χ3v) is 2.80. The number of esters is 1. The van der Waals surface area contributed by atoms with Gasteiger partial charge < -0.3 is 4.74 Å². The van der Waals surface area contributed by atoms with E-state index in [-0.39, 0.29) is 5.97 Å². The summed E-state index contributed by atoms with van der Waals surface area (Å²) in [6.45, 7) is 6.24. The zero-order valence-corrected chi connectivity index (χ0v) is 10.0. The molecule has 0 fully saturated rings. The van der Waals surface area contributed by atoms with E-state index in [4.69, 9.17) is 4.74 Å². The molecule has 2 atom stereocenters. The van der Waals surface area contributed by atoms with E-state index < -0.39 is 14.7 Å². The minimum atomic E-state index is -0.670. The normalized spacial score (nSPS) is 13.1. The van der Waals surface area contributed by atoms with E-state index in [9.17, 15) is 9.36 Å². The first-order chi connectivity index (χ1) is 6.65. The molecule has 0 aliphatic rings. The van der Waals surface area contributed by atoms with Crippen molar-refractivity contribution in [3.63, 3.8) is 0 Å². The summed E-state index contributed by atoms with van der Waals surface area (Å²) in [5.74, 6) is 0.0982. The van der Waals surface area contributed by atoms with Crippen LogP contribution in [0.5, 0.6) is 0 Å². The predicted molar refractivity (Wildman–Crippen MR) is 56.6 cm³/mol. The third-order valence-electron chi connectivity index (χ3n) is 2.24. The van der Waals surface area contributed by atoms with Crippen molar-refractivity contribution in [3.05, 3.63) is 0 Å². The van der Waals surface area contributed by atoms with Crippen molar-refractivity contribution >= 4 is 14.6 Å². The highest BCUT2D eigenvalue weighted by Gasteiger charge is 2.17. The molecule has 0 amide bonds. The van der Waals surface area contributed by atoms with E-state index in [1.165, 1.54) is 0 Å². The standard InChI is InChI=1S/C9H18NO3P/c1-4-8(5-2)6-13-9(11)7(3)10-14-12/h7-8H,4-6H2,1-3H3,(H,10,12)/p+1/t7-/m0/s1. The number of carbonyl (C=O) groups excluding carboxylic acids is 1. The van der Waals surface area contributed by atoms with Crippen molar-refractivity contribution in [2.45, 2.75) is 39.7 Å². The molecule has 0 aromatic rings. The maximum Gasteiger partial charge on any atom is 0.419 e. The van der Waals surface area contributed by atoms with Crippen LogP contribution < -0.4 is 5.09 Å². The number of hydrogen-bond donors (Lipinski definition) is 1. The Morgan fingerprint density at radius 2 is 2.00 bits per heavy atom. The molecule has 0 saturated carbocycles. The molecule has 0 saturated heterocycles. The number of rotatable bonds is 7. The molecule has 0 bridgehead atoms. The molecule has 82 valence electrons. The number of carbonyl (C=O) groups is 1. The molecule has 0 aromatic carbocycles. The average Bonchev–Trinajstić information content (AvgIpc) is 2.19. The van der Waals surface area contributed by atoms with Crippen LogP contribution in [0, 0.1) is 5.92 Å². The summed E-state index contributed by atoms with van der Waals surface area (Å²) in [7, 11) is -0.670. The van der Waals surface area contributed by atoms with E-state index in [1.807, 2.05) is 0 Å². The van der Waals surface area contributed by atoms with Crippen molar-refractivity contribution in [2.24, 2.45) is 5.92 Å². The second-order valence-corrected chi connectivity index (χ2v) is 3.77. The maximum atomic E-state index is 11.3. The summed E-state index contributed by atoms with van der Waals surface area (Å²) < 4.78 is 15.3. The van der Waals surface area contributed by atoms with Gasteiger partial charge in [-0.3, -0.25) is 4.79 Å². The molecule has 0 heterocycles. The summed E-state index contributed by atoms with van der Waals surface area (Å²) >= 11 is 0. The van der Waals surface area contributed by atoms with Crippen LogP contribution in [0.4, 0.5) is 0 Å². The molecule has 5 heteroatoms. The first kappa shape index (κ1) is 13.5. The second-order valence-electron chi connectivity index (χ2n) is 3.28. The molecule has 4 nitrogen and oxygen atoms in total. The van der Waals surface area contributed by atoms with Gasteiger partial charge in [-0.25, -0.2) is 0 Å². The predicted octanol–water partition coefficient (Wildman–Crippen LogP) is 1.88. The molecule has 0 aliphatic carbocycles. The van der Waals surface area contributed by atoms with Gasteiger partial charge in [0.1, 0.15) is 6.04 Å². The van der Waals surface area contributed by atoms with Crippen LogP contribution in [-0.2, 0) is 14.1 Å². The fourth-order valence-corrected chi connectivity index (χ4v) is 1.29. The Balaban J connectivity index is 3.76. The Labute approximate surface area is 86.7 Å². The topological polar surface area (TPSA) is 55.4 Å². The van der Waals surface area contributed by atoms with Crippen LogP contribution in [0.1, 0.15) is 33.6 Å². The molecule has 1 unspecified atom stereocenters. The number of nitrogens with one attached hydrogen (secondary N) is 1. The van der Waals surface area contributed by atoms with E-state index in [1.54, 1.807) is 6.92 Å². The molecule has 0 radical (unpaired) electrons. The minimum absolute atomic E-state index is 0.333. The fourth-order valence-electron chi connectivity index (χ4n) is 0.997. The third kappa shape index (κ3) is 5.30. The van der Waals surface area contributed by atoms with Crippen molar-refractivity contribution in [1.29, 1.82) is 0 Å². The van der Waals surface area contributed by atoms with Crippen molar-refractivity contribution in [3.8, 4) is 0 Å². The Morgan fingerprint density at radius 1 is 1.43 bits per heavy atom. The molecule has 1 N–H and O–H groups in total. The van der Waals surface area contributed by atoms with E-state index in [0.717, 1.165) is 12.8 Å². The van der Waals surface area contributed by atoms with Gasteiger partial charge in [0.05, 0.1) is 6.61 Å². The first-order valence-electron chi connectivity index (χ1n) is 4.94. The summed E-state index contributed by atoms with van der Waals surface area (Å²) in [5.41, 5.74) is 0. The maximum absolute atomic E-state index is 11.3. The van der Waals surface area contributed by atoms with Crippen LogP contribution >= 0.6 is 8.61 Å². The molecule has 0 rings (SSSR count). The largest absolute Gasteiger partial charge is 0.464 e. The van der Waals surface area contributed by atoms with Crippen molar-refractivity contribution in [1.82, 2.24) is 5.09 Å². The van der Waals surface area contributed by atoms with Gasteiger partial charge in [-0.05, 0) is 12.8 Å². The lowest BCUT2D eigenvalue weighted by atomic mass is 10.1. The van der Waals surface area contributed by atoms with Gasteiger partial charge >= 0.3 is 14.6 Å². The van der Waals surface area contributed by atoms with Gasteiger partial charge in [-0.2, -0.15) is 0 Å². The van der Waals surface area contributed by atoms with Gasteiger partial charge in [0.15, 0.2) is 0 Å². The van der Waals surface area contributed by atoms with Crippen molar-refractivity contribution in [2.75, 3.05) is 6.61 Å². The van der Waals surface area contributed by atoms with Crippen LogP contribution in [0.3, 0.4) is 0 Å². The molecule has 0 aliphatic heterocycles. The SMILES string of the molecule is CCC(CC)COC(=O)[C@H](C)N[PH+]=O. The summed E-state index contributed by atoms with van der Waals surface area (Å²) in [5, 5.41) is 2.50. The van der Waals surface area contributed by atoms with Crippen LogP contribution in [0.15, 0.2) is 0 Å². The summed E-state index contributed by atoms with van der Waals surface area (Å²) in [6.07, 6.45) is 2.02. The lowest BCUT2D eigenvalue weighted by Crippen LogP contribution is -2.30. The van der Waals surface area contributed by atoms with Gasteiger partial charge in [-0.15, -0.1) is 0 Å². The Hall–Kier alpha value is -0.470. The van der Waals surface area contributed by atoms with E-state index in [0.29, 0.717) is 12.5 Å². The Kier molecular flexibility index (Phi) is 7.63. The smallest absolute Gasteiger partial charge is 0.419 e. The molecular weight excluding hydrogens is 201 g/mol. The highest BCUT2D eigenvalue weighted by molar-refractivity contribution is 7.21. The highest BCUT2D eigenvalue weighted by atomic mass is 31.1. The molecule has 0 aromatic heterocycles. The quantitative estimate of drug-likeness (QED) is 0.525. The van der Waals surface area contributed by atoms with Gasteiger partial charge in [0, 0.05) is 0 Å². The van der Waals surface area contributed by atoms with Gasteiger partial charge in [-0.1, -0.05) is 36.3 Å². The fraction of sp³-hybridized carbons (Fsp3) is 0.889. The molecular formula is C9H19NO3P+. The van der Waals surface area contributed by atoms with Gasteiger partial charge in [0.2, 0.25) is 0 Å². The second kappa shape index (κ2) is 7.89. The molecule has 14 heavy (non-hydrogen) atoms. The summed E-state index contributed by atoms with van der Waals surface area (Å²) in [4.78, 5) is 11.3. The minimum Gasteiger partial charge on any atom is -0.464 e. The van der Waals surface area contributed by atoms with E-state index in [2.05, 4.69) is 18.9 Å². The zero-order valence-electron chi connectivity index (χ0n) is 9.00. The number of ether oxygens (including phenoxy) is 1. The Bertz CT molecular complexity index is 183. The van der Waals surface area contributed by atoms with Crippen LogP contribution in [-0.4, -0.2) is 18.6 Å². The monoisotopic (exact) mass is 220 g/mol.